The van der Waals surface area contributed by atoms with Crippen LogP contribution in [0.2, 0.25) is 0 Å². The monoisotopic (exact) mass is 456 g/mol. The Kier molecular flexibility index (Phi) is 7.15. The first-order chi connectivity index (χ1) is 16.0. The zero-order valence-corrected chi connectivity index (χ0v) is 19.5. The summed E-state index contributed by atoms with van der Waals surface area (Å²) in [5, 5.41) is 4.02. The molecule has 1 aromatic heterocycles. The Morgan fingerprint density at radius 1 is 1.24 bits per heavy atom. The summed E-state index contributed by atoms with van der Waals surface area (Å²) in [6.07, 6.45) is 3.05. The molecule has 178 valence electrons. The van der Waals surface area contributed by atoms with Crippen molar-refractivity contribution in [3.05, 3.63) is 30.2 Å². The average Bonchev–Trinajstić information content (AvgIpc) is 3.49. The van der Waals surface area contributed by atoms with Crippen LogP contribution >= 0.6 is 0 Å². The standard InChI is InChI=1S/C24H32N4O5/c1-4-16(2)20-15-32-24(30)28(20)18-11-13-27(14-12-18)22(29)10-9-21-25-23(26-33-21)17-5-7-19(31-3)8-6-17/h5-8,16,18,20H,4,9-15H2,1-3H3. The molecule has 2 aliphatic heterocycles. The third-order valence-electron chi connectivity index (χ3n) is 6.83. The van der Waals surface area contributed by atoms with Crippen molar-refractivity contribution in [3.8, 4) is 17.1 Å². The molecule has 33 heavy (non-hydrogen) atoms. The van der Waals surface area contributed by atoms with Gasteiger partial charge in [-0.3, -0.25) is 9.69 Å². The molecule has 0 bridgehead atoms. The van der Waals surface area contributed by atoms with Crippen LogP contribution < -0.4 is 4.74 Å². The van der Waals surface area contributed by atoms with E-state index in [1.165, 1.54) is 0 Å². The van der Waals surface area contributed by atoms with E-state index in [4.69, 9.17) is 14.0 Å². The Bertz CT molecular complexity index is 952. The van der Waals surface area contributed by atoms with Crippen LogP contribution in [-0.4, -0.2) is 70.8 Å². The molecule has 9 nitrogen and oxygen atoms in total. The maximum absolute atomic E-state index is 12.7. The highest BCUT2D eigenvalue weighted by Crippen LogP contribution is 2.29. The Hall–Kier alpha value is -3.10. The van der Waals surface area contributed by atoms with E-state index in [0.29, 0.717) is 50.2 Å². The predicted molar refractivity (Wildman–Crippen MR) is 121 cm³/mol. The van der Waals surface area contributed by atoms with Crippen molar-refractivity contribution in [2.24, 2.45) is 5.92 Å². The largest absolute Gasteiger partial charge is 0.497 e. The van der Waals surface area contributed by atoms with Crippen molar-refractivity contribution < 1.29 is 23.6 Å². The highest BCUT2D eigenvalue weighted by Gasteiger charge is 2.41. The Morgan fingerprint density at radius 3 is 2.64 bits per heavy atom. The number of methoxy groups -OCH3 is 1. The molecule has 0 radical (unpaired) electrons. The number of nitrogens with zero attached hydrogens (tertiary/aromatic N) is 4. The zero-order valence-electron chi connectivity index (χ0n) is 19.5. The van der Waals surface area contributed by atoms with Crippen LogP contribution in [0.25, 0.3) is 11.4 Å². The number of ether oxygens (including phenoxy) is 2. The topological polar surface area (TPSA) is 98.0 Å². The molecule has 0 aliphatic carbocycles. The number of hydrogen-bond acceptors (Lipinski definition) is 7. The molecule has 9 heteroatoms. The number of piperidine rings is 1. The number of cyclic esters (lactones) is 1. The van der Waals surface area contributed by atoms with Crippen LogP contribution in [0.3, 0.4) is 0 Å². The fraction of sp³-hybridized carbons (Fsp3) is 0.583. The fourth-order valence-electron chi connectivity index (χ4n) is 4.56. The summed E-state index contributed by atoms with van der Waals surface area (Å²) in [6, 6.07) is 7.67. The van der Waals surface area contributed by atoms with Crippen molar-refractivity contribution in [1.82, 2.24) is 19.9 Å². The molecule has 2 atom stereocenters. The second kappa shape index (κ2) is 10.2. The molecule has 0 N–H and O–H groups in total. The number of carbonyl (C=O) groups excluding carboxylic acids is 2. The predicted octanol–water partition coefficient (Wildman–Crippen LogP) is 3.54. The highest BCUT2D eigenvalue weighted by molar-refractivity contribution is 5.76. The van der Waals surface area contributed by atoms with Crippen LogP contribution in [0.1, 0.15) is 45.4 Å². The van der Waals surface area contributed by atoms with Gasteiger partial charge in [-0.25, -0.2) is 4.79 Å². The lowest BCUT2D eigenvalue weighted by atomic mass is 9.95. The molecule has 2 unspecified atom stereocenters. The summed E-state index contributed by atoms with van der Waals surface area (Å²) in [6.45, 7) is 6.05. The third-order valence-corrected chi connectivity index (χ3v) is 6.83. The van der Waals surface area contributed by atoms with Crippen LogP contribution in [0.15, 0.2) is 28.8 Å². The zero-order chi connectivity index (χ0) is 23.4. The van der Waals surface area contributed by atoms with Gasteiger partial charge in [0, 0.05) is 37.5 Å². The molecule has 2 saturated heterocycles. The summed E-state index contributed by atoms with van der Waals surface area (Å²) in [7, 11) is 1.62. The molecule has 1 aromatic carbocycles. The minimum absolute atomic E-state index is 0.0696. The van der Waals surface area contributed by atoms with Gasteiger partial charge < -0.3 is 18.9 Å². The molecule has 2 aliphatic rings. The smallest absolute Gasteiger partial charge is 0.410 e. The first-order valence-corrected chi connectivity index (χ1v) is 11.7. The average molecular weight is 457 g/mol. The van der Waals surface area contributed by atoms with E-state index in [-0.39, 0.29) is 24.1 Å². The fourth-order valence-corrected chi connectivity index (χ4v) is 4.56. The number of likely N-dealkylation sites (tertiary alicyclic amines) is 1. The summed E-state index contributed by atoms with van der Waals surface area (Å²) < 4.78 is 15.8. The minimum Gasteiger partial charge on any atom is -0.497 e. The van der Waals surface area contributed by atoms with Crippen molar-refractivity contribution in [2.45, 2.75) is 58.0 Å². The summed E-state index contributed by atoms with van der Waals surface area (Å²) in [5.74, 6) is 2.16. The highest BCUT2D eigenvalue weighted by atomic mass is 16.6. The normalized spacial score (nSPS) is 20.1. The van der Waals surface area contributed by atoms with Gasteiger partial charge in [-0.15, -0.1) is 0 Å². The van der Waals surface area contributed by atoms with Gasteiger partial charge in [0.2, 0.25) is 17.6 Å². The van der Waals surface area contributed by atoms with Gasteiger partial charge in [0.1, 0.15) is 12.4 Å². The van der Waals surface area contributed by atoms with E-state index in [2.05, 4.69) is 24.0 Å². The van der Waals surface area contributed by atoms with Crippen LogP contribution in [0, 0.1) is 5.92 Å². The maximum Gasteiger partial charge on any atom is 0.410 e. The Balaban J connectivity index is 1.27. The summed E-state index contributed by atoms with van der Waals surface area (Å²) in [5.41, 5.74) is 0.829. The molecule has 0 spiro atoms. The first kappa shape index (κ1) is 23.1. The number of aryl methyl sites for hydroxylation is 1. The maximum atomic E-state index is 12.7. The first-order valence-electron chi connectivity index (χ1n) is 11.7. The number of aromatic nitrogens is 2. The van der Waals surface area contributed by atoms with E-state index >= 15 is 0 Å². The summed E-state index contributed by atoms with van der Waals surface area (Å²) in [4.78, 5) is 33.3. The van der Waals surface area contributed by atoms with E-state index < -0.39 is 0 Å². The summed E-state index contributed by atoms with van der Waals surface area (Å²) >= 11 is 0. The van der Waals surface area contributed by atoms with Crippen molar-refractivity contribution in [3.63, 3.8) is 0 Å². The number of rotatable bonds is 8. The lowest BCUT2D eigenvalue weighted by Crippen LogP contribution is -2.51. The van der Waals surface area contributed by atoms with Crippen molar-refractivity contribution in [2.75, 3.05) is 26.8 Å². The SMILES string of the molecule is CCC(C)C1COC(=O)N1C1CCN(C(=O)CCc2nc(-c3ccc(OC)cc3)no2)CC1. The van der Waals surface area contributed by atoms with Gasteiger partial charge in [-0.1, -0.05) is 25.4 Å². The lowest BCUT2D eigenvalue weighted by Gasteiger charge is -2.39. The molecular formula is C24H32N4O5. The molecule has 2 amide bonds. The molecule has 4 rings (SSSR count). The quantitative estimate of drug-likeness (QED) is 0.599. The third kappa shape index (κ3) is 5.12. The van der Waals surface area contributed by atoms with E-state index in [0.717, 1.165) is 30.6 Å². The van der Waals surface area contributed by atoms with Crippen LogP contribution in [-0.2, 0) is 16.0 Å². The van der Waals surface area contributed by atoms with Crippen LogP contribution in [0.4, 0.5) is 4.79 Å². The van der Waals surface area contributed by atoms with Crippen molar-refractivity contribution in [1.29, 1.82) is 0 Å². The van der Waals surface area contributed by atoms with Gasteiger partial charge in [0.15, 0.2) is 0 Å². The molecule has 0 saturated carbocycles. The van der Waals surface area contributed by atoms with Gasteiger partial charge in [0.25, 0.3) is 0 Å². The Morgan fingerprint density at radius 2 is 1.97 bits per heavy atom. The molecule has 2 aromatic rings. The molecular weight excluding hydrogens is 424 g/mol. The lowest BCUT2D eigenvalue weighted by molar-refractivity contribution is -0.132. The second-order valence-corrected chi connectivity index (χ2v) is 8.79. The molecule has 2 fully saturated rings. The second-order valence-electron chi connectivity index (χ2n) is 8.79. The Labute approximate surface area is 194 Å². The number of hydrogen-bond donors (Lipinski definition) is 0. The number of amides is 2. The number of carbonyl (C=O) groups is 2. The van der Waals surface area contributed by atoms with Crippen molar-refractivity contribution >= 4 is 12.0 Å². The van der Waals surface area contributed by atoms with E-state index in [9.17, 15) is 9.59 Å². The van der Waals surface area contributed by atoms with Gasteiger partial charge in [0.05, 0.1) is 13.2 Å². The van der Waals surface area contributed by atoms with Gasteiger partial charge >= 0.3 is 6.09 Å². The number of benzene rings is 1. The van der Waals surface area contributed by atoms with Gasteiger partial charge in [-0.05, 0) is 43.0 Å². The van der Waals surface area contributed by atoms with E-state index in [1.54, 1.807) is 7.11 Å². The van der Waals surface area contributed by atoms with Gasteiger partial charge in [-0.2, -0.15) is 4.98 Å². The van der Waals surface area contributed by atoms with Crippen LogP contribution in [0.5, 0.6) is 5.75 Å². The minimum atomic E-state index is -0.214. The van der Waals surface area contributed by atoms with E-state index in [1.807, 2.05) is 34.1 Å². The molecule has 3 heterocycles.